The predicted molar refractivity (Wildman–Crippen MR) is 71.4 cm³/mol. The minimum atomic E-state index is -3.86. The van der Waals surface area contributed by atoms with E-state index >= 15 is 0 Å². The molecule has 0 aliphatic heterocycles. The Morgan fingerprint density at radius 3 is 2.21 bits per heavy atom. The van der Waals surface area contributed by atoms with Crippen molar-refractivity contribution in [3.8, 4) is 16.9 Å². The first kappa shape index (κ1) is 13.8. The van der Waals surface area contributed by atoms with E-state index in [1.165, 1.54) is 31.4 Å². The van der Waals surface area contributed by atoms with Crippen LogP contribution in [0, 0.1) is 5.82 Å². The lowest BCUT2D eigenvalue weighted by atomic mass is 10.1. The van der Waals surface area contributed by atoms with Gasteiger partial charge >= 0.3 is 0 Å². The van der Waals surface area contributed by atoms with Crippen LogP contribution < -0.4 is 4.74 Å². The summed E-state index contributed by atoms with van der Waals surface area (Å²) < 4.78 is 40.7. The third-order valence-corrected chi connectivity index (χ3v) is 3.91. The van der Waals surface area contributed by atoms with Crippen LogP contribution >= 0.6 is 10.7 Å². The minimum Gasteiger partial charge on any atom is -0.497 e. The van der Waals surface area contributed by atoms with Crippen molar-refractivity contribution in [3.05, 3.63) is 48.3 Å². The molecule has 0 bridgehead atoms. The van der Waals surface area contributed by atoms with Gasteiger partial charge in [-0.05, 0) is 35.4 Å². The first-order valence-electron chi connectivity index (χ1n) is 5.30. The summed E-state index contributed by atoms with van der Waals surface area (Å²) in [6, 6.07) is 10.1. The fourth-order valence-corrected chi connectivity index (χ4v) is 2.43. The maximum atomic E-state index is 12.9. The third-order valence-electron chi connectivity index (χ3n) is 2.57. The van der Waals surface area contributed by atoms with Gasteiger partial charge in [0.15, 0.2) is 0 Å². The fourth-order valence-electron chi connectivity index (χ4n) is 1.64. The lowest BCUT2D eigenvalue weighted by Crippen LogP contribution is -1.94. The molecule has 0 radical (unpaired) electrons. The molecule has 100 valence electrons. The average Bonchev–Trinajstić information content (AvgIpc) is 2.38. The SMILES string of the molecule is COc1cc(-c2ccc(F)cc2)cc(S(=O)(=O)Cl)c1. The van der Waals surface area contributed by atoms with E-state index < -0.39 is 9.05 Å². The Kier molecular flexibility index (Phi) is 3.78. The Hall–Kier alpha value is -1.59. The molecule has 0 amide bonds. The quantitative estimate of drug-likeness (QED) is 0.816. The van der Waals surface area contributed by atoms with Crippen LogP contribution in [0.4, 0.5) is 4.39 Å². The normalized spacial score (nSPS) is 11.3. The average molecular weight is 301 g/mol. The molecule has 0 saturated carbocycles. The molecule has 0 aliphatic carbocycles. The molecule has 2 aromatic carbocycles. The number of benzene rings is 2. The Morgan fingerprint density at radius 2 is 1.68 bits per heavy atom. The third kappa shape index (κ3) is 3.24. The van der Waals surface area contributed by atoms with Crippen molar-refractivity contribution in [2.45, 2.75) is 4.90 Å². The molecule has 19 heavy (non-hydrogen) atoms. The van der Waals surface area contributed by atoms with Gasteiger partial charge in [0.05, 0.1) is 12.0 Å². The van der Waals surface area contributed by atoms with Gasteiger partial charge < -0.3 is 4.74 Å². The van der Waals surface area contributed by atoms with Gasteiger partial charge in [0.1, 0.15) is 11.6 Å². The predicted octanol–water partition coefficient (Wildman–Crippen LogP) is 3.43. The summed E-state index contributed by atoms with van der Waals surface area (Å²) in [6.45, 7) is 0. The summed E-state index contributed by atoms with van der Waals surface area (Å²) in [5.74, 6) is -0.00196. The molecule has 0 saturated heterocycles. The number of halogens is 2. The second kappa shape index (κ2) is 5.19. The van der Waals surface area contributed by atoms with E-state index in [2.05, 4.69) is 0 Å². The number of rotatable bonds is 3. The number of hydrogen-bond acceptors (Lipinski definition) is 3. The monoisotopic (exact) mass is 300 g/mol. The highest BCUT2D eigenvalue weighted by Gasteiger charge is 2.13. The fraction of sp³-hybridized carbons (Fsp3) is 0.0769. The molecule has 2 aromatic rings. The topological polar surface area (TPSA) is 43.4 Å². The summed E-state index contributed by atoms with van der Waals surface area (Å²) >= 11 is 0. The van der Waals surface area contributed by atoms with Crippen LogP contribution in [0.3, 0.4) is 0 Å². The van der Waals surface area contributed by atoms with Crippen LogP contribution in [-0.4, -0.2) is 15.5 Å². The van der Waals surface area contributed by atoms with Crippen LogP contribution in [0.25, 0.3) is 11.1 Å². The van der Waals surface area contributed by atoms with Crippen LogP contribution in [0.2, 0.25) is 0 Å². The first-order valence-corrected chi connectivity index (χ1v) is 7.61. The van der Waals surface area contributed by atoms with E-state index in [4.69, 9.17) is 15.4 Å². The van der Waals surface area contributed by atoms with Crippen molar-refractivity contribution in [1.82, 2.24) is 0 Å². The van der Waals surface area contributed by atoms with Crippen molar-refractivity contribution in [3.63, 3.8) is 0 Å². The van der Waals surface area contributed by atoms with Crippen LogP contribution in [0.15, 0.2) is 47.4 Å². The molecule has 0 fully saturated rings. The Labute approximate surface area is 115 Å². The van der Waals surface area contributed by atoms with Gasteiger partial charge in [-0.2, -0.15) is 0 Å². The van der Waals surface area contributed by atoms with Crippen molar-refractivity contribution < 1.29 is 17.5 Å². The highest BCUT2D eigenvalue weighted by molar-refractivity contribution is 8.13. The maximum absolute atomic E-state index is 12.9. The molecule has 3 nitrogen and oxygen atoms in total. The maximum Gasteiger partial charge on any atom is 0.261 e. The summed E-state index contributed by atoms with van der Waals surface area (Å²) in [7, 11) is 2.90. The molecule has 0 aromatic heterocycles. The summed E-state index contributed by atoms with van der Waals surface area (Å²) in [5, 5.41) is 0. The minimum absolute atomic E-state index is 0.0622. The largest absolute Gasteiger partial charge is 0.497 e. The molecule has 0 aliphatic rings. The van der Waals surface area contributed by atoms with Crippen molar-refractivity contribution >= 4 is 19.7 Å². The van der Waals surface area contributed by atoms with Gasteiger partial charge in [0.25, 0.3) is 9.05 Å². The second-order valence-corrected chi connectivity index (χ2v) is 6.41. The van der Waals surface area contributed by atoms with Crippen LogP contribution in [-0.2, 0) is 9.05 Å². The Morgan fingerprint density at radius 1 is 1.05 bits per heavy atom. The molecular formula is C13H10ClFO3S. The molecule has 0 atom stereocenters. The molecule has 6 heteroatoms. The number of methoxy groups -OCH3 is 1. The van der Waals surface area contributed by atoms with Crippen LogP contribution in [0.5, 0.6) is 5.75 Å². The zero-order chi connectivity index (χ0) is 14.0. The van der Waals surface area contributed by atoms with Crippen LogP contribution in [0.1, 0.15) is 0 Å². The molecule has 0 spiro atoms. The van der Waals surface area contributed by atoms with E-state index in [0.717, 1.165) is 0 Å². The van der Waals surface area contributed by atoms with Gasteiger partial charge in [-0.25, -0.2) is 12.8 Å². The smallest absolute Gasteiger partial charge is 0.261 e. The van der Waals surface area contributed by atoms with Crippen molar-refractivity contribution in [1.29, 1.82) is 0 Å². The van der Waals surface area contributed by atoms with E-state index in [0.29, 0.717) is 16.9 Å². The zero-order valence-electron chi connectivity index (χ0n) is 9.93. The Bertz CT molecular complexity index is 696. The van der Waals surface area contributed by atoms with Gasteiger partial charge in [0, 0.05) is 16.7 Å². The lowest BCUT2D eigenvalue weighted by Gasteiger charge is -2.07. The summed E-state index contributed by atoms with van der Waals surface area (Å²) in [4.78, 5) is -0.0622. The molecule has 0 unspecified atom stereocenters. The van der Waals surface area contributed by atoms with Gasteiger partial charge in [-0.15, -0.1) is 0 Å². The highest BCUT2D eigenvalue weighted by Crippen LogP contribution is 2.29. The van der Waals surface area contributed by atoms with Crippen molar-refractivity contribution in [2.24, 2.45) is 0 Å². The first-order chi connectivity index (χ1) is 8.90. The van der Waals surface area contributed by atoms with Gasteiger partial charge in [-0.1, -0.05) is 12.1 Å². The standard InChI is InChI=1S/C13H10ClFO3S/c1-18-12-6-10(7-13(8-12)19(14,16)17)9-2-4-11(15)5-3-9/h2-8H,1H3. The number of ether oxygens (including phenoxy) is 1. The van der Waals surface area contributed by atoms with Crippen molar-refractivity contribution in [2.75, 3.05) is 7.11 Å². The molecular weight excluding hydrogens is 291 g/mol. The molecule has 2 rings (SSSR count). The molecule has 0 N–H and O–H groups in total. The second-order valence-electron chi connectivity index (χ2n) is 3.84. The van der Waals surface area contributed by atoms with E-state index in [-0.39, 0.29) is 10.7 Å². The van der Waals surface area contributed by atoms with Gasteiger partial charge in [0.2, 0.25) is 0 Å². The van der Waals surface area contributed by atoms with E-state index in [9.17, 15) is 12.8 Å². The molecule has 0 heterocycles. The highest BCUT2D eigenvalue weighted by atomic mass is 35.7. The van der Waals surface area contributed by atoms with Gasteiger partial charge in [-0.3, -0.25) is 0 Å². The summed E-state index contributed by atoms with van der Waals surface area (Å²) in [6.07, 6.45) is 0. The number of hydrogen-bond donors (Lipinski definition) is 0. The zero-order valence-corrected chi connectivity index (χ0v) is 11.5. The Balaban J connectivity index is 2.60. The van der Waals surface area contributed by atoms with E-state index in [1.807, 2.05) is 0 Å². The summed E-state index contributed by atoms with van der Waals surface area (Å²) in [5.41, 5.74) is 1.25. The lowest BCUT2D eigenvalue weighted by molar-refractivity contribution is 0.413. The van der Waals surface area contributed by atoms with E-state index in [1.54, 1.807) is 18.2 Å².